The number of hydrogen-bond acceptors (Lipinski definition) is 2. The number of likely N-dealkylation sites (tertiary alicyclic amines) is 1. The predicted molar refractivity (Wildman–Crippen MR) is 85.4 cm³/mol. The minimum Gasteiger partial charge on any atom is -0.478 e. The van der Waals surface area contributed by atoms with Gasteiger partial charge in [0.2, 0.25) is 0 Å². The van der Waals surface area contributed by atoms with Gasteiger partial charge in [0.1, 0.15) is 5.75 Å². The Kier molecular flexibility index (Phi) is 4.60. The first-order chi connectivity index (χ1) is 9.78. The molecule has 0 saturated carbocycles. The lowest BCUT2D eigenvalue weighted by Gasteiger charge is -2.39. The number of rotatable bonds is 3. The Morgan fingerprint density at radius 2 is 1.67 bits per heavy atom. The van der Waals surface area contributed by atoms with Crippen molar-refractivity contribution < 1.29 is 9.53 Å². The van der Waals surface area contributed by atoms with Crippen LogP contribution in [0.15, 0.2) is 24.3 Å². The standard InChI is InChI=1S/C18H27NO2/c1-13-6-8-16(9-7-13)21-18(4,5)17(20)19-11-14(2)10-15(3)12-19/h6-9,14-15H,10-12H2,1-5H3/t14-,15+. The summed E-state index contributed by atoms with van der Waals surface area (Å²) in [6, 6.07) is 7.85. The van der Waals surface area contributed by atoms with Crippen molar-refractivity contribution in [1.82, 2.24) is 4.90 Å². The number of amides is 1. The van der Waals surface area contributed by atoms with Crippen LogP contribution in [0.2, 0.25) is 0 Å². The molecule has 21 heavy (non-hydrogen) atoms. The van der Waals surface area contributed by atoms with E-state index in [-0.39, 0.29) is 5.91 Å². The lowest BCUT2D eigenvalue weighted by Crippen LogP contribution is -2.53. The normalized spacial score (nSPS) is 23.0. The summed E-state index contributed by atoms with van der Waals surface area (Å²) in [5.74, 6) is 1.96. The number of aryl methyl sites for hydroxylation is 1. The molecular weight excluding hydrogens is 262 g/mol. The van der Waals surface area contributed by atoms with Crippen LogP contribution < -0.4 is 4.74 Å². The summed E-state index contributed by atoms with van der Waals surface area (Å²) in [5, 5.41) is 0. The van der Waals surface area contributed by atoms with E-state index in [1.807, 2.05) is 49.9 Å². The summed E-state index contributed by atoms with van der Waals surface area (Å²) >= 11 is 0. The zero-order valence-electron chi connectivity index (χ0n) is 13.8. The van der Waals surface area contributed by atoms with E-state index >= 15 is 0 Å². The maximum absolute atomic E-state index is 12.8. The second-order valence-electron chi connectivity index (χ2n) is 7.08. The van der Waals surface area contributed by atoms with Crippen molar-refractivity contribution in [3.63, 3.8) is 0 Å². The zero-order valence-corrected chi connectivity index (χ0v) is 13.8. The fraction of sp³-hybridized carbons (Fsp3) is 0.611. The van der Waals surface area contributed by atoms with Crippen LogP contribution >= 0.6 is 0 Å². The maximum atomic E-state index is 12.8. The molecular formula is C18H27NO2. The highest BCUT2D eigenvalue weighted by molar-refractivity contribution is 5.85. The Morgan fingerprint density at radius 3 is 2.19 bits per heavy atom. The van der Waals surface area contributed by atoms with Gasteiger partial charge in [-0.3, -0.25) is 4.79 Å². The molecule has 1 aromatic carbocycles. The third-order valence-electron chi connectivity index (χ3n) is 4.07. The van der Waals surface area contributed by atoms with E-state index in [0.29, 0.717) is 11.8 Å². The molecule has 0 spiro atoms. The summed E-state index contributed by atoms with van der Waals surface area (Å²) in [6.45, 7) is 11.9. The molecule has 2 rings (SSSR count). The summed E-state index contributed by atoms with van der Waals surface area (Å²) in [5.41, 5.74) is 0.358. The number of hydrogen-bond donors (Lipinski definition) is 0. The molecule has 0 N–H and O–H groups in total. The van der Waals surface area contributed by atoms with E-state index in [2.05, 4.69) is 13.8 Å². The highest BCUT2D eigenvalue weighted by Crippen LogP contribution is 2.26. The van der Waals surface area contributed by atoms with Gasteiger partial charge in [0.05, 0.1) is 0 Å². The predicted octanol–water partition coefficient (Wildman–Crippen LogP) is 3.66. The lowest BCUT2D eigenvalue weighted by molar-refractivity contribution is -0.148. The molecule has 0 aliphatic carbocycles. The van der Waals surface area contributed by atoms with Gasteiger partial charge in [-0.1, -0.05) is 31.5 Å². The van der Waals surface area contributed by atoms with Crippen molar-refractivity contribution in [3.8, 4) is 5.75 Å². The molecule has 1 amide bonds. The molecule has 1 aliphatic heterocycles. The van der Waals surface area contributed by atoms with E-state index in [1.165, 1.54) is 12.0 Å². The van der Waals surface area contributed by atoms with Gasteiger partial charge in [-0.15, -0.1) is 0 Å². The first kappa shape index (κ1) is 15.9. The van der Waals surface area contributed by atoms with Gasteiger partial charge >= 0.3 is 0 Å². The SMILES string of the molecule is Cc1ccc(OC(C)(C)C(=O)N2C[C@H](C)C[C@H](C)C2)cc1. The van der Waals surface area contributed by atoms with Gasteiger partial charge in [0.25, 0.3) is 5.91 Å². The molecule has 0 radical (unpaired) electrons. The topological polar surface area (TPSA) is 29.5 Å². The van der Waals surface area contributed by atoms with E-state index < -0.39 is 5.60 Å². The third kappa shape index (κ3) is 3.99. The lowest BCUT2D eigenvalue weighted by atomic mass is 9.91. The van der Waals surface area contributed by atoms with Crippen LogP contribution in [0.1, 0.15) is 39.7 Å². The van der Waals surface area contributed by atoms with Crippen molar-refractivity contribution in [2.24, 2.45) is 11.8 Å². The molecule has 1 fully saturated rings. The average Bonchev–Trinajstić information content (AvgIpc) is 2.39. The largest absolute Gasteiger partial charge is 0.478 e. The van der Waals surface area contributed by atoms with Crippen LogP contribution in [0.3, 0.4) is 0 Å². The summed E-state index contributed by atoms with van der Waals surface area (Å²) in [6.07, 6.45) is 1.20. The molecule has 1 saturated heterocycles. The number of piperidine rings is 1. The highest BCUT2D eigenvalue weighted by Gasteiger charge is 2.37. The fourth-order valence-electron chi connectivity index (χ4n) is 3.15. The van der Waals surface area contributed by atoms with Crippen LogP contribution in [0.4, 0.5) is 0 Å². The minimum absolute atomic E-state index is 0.0847. The number of nitrogens with zero attached hydrogens (tertiary/aromatic N) is 1. The van der Waals surface area contributed by atoms with Crippen molar-refractivity contribution in [3.05, 3.63) is 29.8 Å². The maximum Gasteiger partial charge on any atom is 0.266 e. The van der Waals surface area contributed by atoms with Gasteiger partial charge in [-0.25, -0.2) is 0 Å². The molecule has 0 aromatic heterocycles. The third-order valence-corrected chi connectivity index (χ3v) is 4.07. The Hall–Kier alpha value is -1.51. The van der Waals surface area contributed by atoms with E-state index in [1.54, 1.807) is 0 Å². The molecule has 1 aliphatic rings. The van der Waals surface area contributed by atoms with Gasteiger partial charge in [-0.2, -0.15) is 0 Å². The Morgan fingerprint density at radius 1 is 1.14 bits per heavy atom. The quantitative estimate of drug-likeness (QED) is 0.850. The molecule has 116 valence electrons. The molecule has 3 heteroatoms. The van der Waals surface area contributed by atoms with Gasteiger partial charge < -0.3 is 9.64 Å². The van der Waals surface area contributed by atoms with Gasteiger partial charge in [0.15, 0.2) is 5.60 Å². The molecule has 1 heterocycles. The zero-order chi connectivity index (χ0) is 15.6. The molecule has 2 atom stereocenters. The molecule has 0 unspecified atom stereocenters. The monoisotopic (exact) mass is 289 g/mol. The average molecular weight is 289 g/mol. The summed E-state index contributed by atoms with van der Waals surface area (Å²) in [7, 11) is 0. The smallest absolute Gasteiger partial charge is 0.266 e. The van der Waals surface area contributed by atoms with Crippen molar-refractivity contribution in [2.75, 3.05) is 13.1 Å². The molecule has 1 aromatic rings. The van der Waals surface area contributed by atoms with E-state index in [9.17, 15) is 4.79 Å². The van der Waals surface area contributed by atoms with Crippen LogP contribution in [0.5, 0.6) is 5.75 Å². The van der Waals surface area contributed by atoms with Crippen molar-refractivity contribution in [1.29, 1.82) is 0 Å². The summed E-state index contributed by atoms with van der Waals surface area (Å²) < 4.78 is 5.95. The summed E-state index contributed by atoms with van der Waals surface area (Å²) in [4.78, 5) is 14.7. The minimum atomic E-state index is -0.827. The number of carbonyl (C=O) groups excluding carboxylic acids is 1. The number of benzene rings is 1. The number of carbonyl (C=O) groups is 1. The van der Waals surface area contributed by atoms with Crippen LogP contribution in [0, 0.1) is 18.8 Å². The highest BCUT2D eigenvalue weighted by atomic mass is 16.5. The second-order valence-corrected chi connectivity index (χ2v) is 7.08. The Balaban J connectivity index is 2.07. The Labute approximate surface area is 128 Å². The van der Waals surface area contributed by atoms with Crippen LogP contribution in [-0.4, -0.2) is 29.5 Å². The van der Waals surface area contributed by atoms with Crippen LogP contribution in [-0.2, 0) is 4.79 Å². The van der Waals surface area contributed by atoms with Crippen molar-refractivity contribution in [2.45, 2.75) is 46.6 Å². The van der Waals surface area contributed by atoms with Crippen molar-refractivity contribution >= 4 is 5.91 Å². The number of ether oxygens (including phenoxy) is 1. The first-order valence-corrected chi connectivity index (χ1v) is 7.83. The molecule has 3 nitrogen and oxygen atoms in total. The van der Waals surface area contributed by atoms with Crippen LogP contribution in [0.25, 0.3) is 0 Å². The molecule has 0 bridgehead atoms. The van der Waals surface area contributed by atoms with Gasteiger partial charge in [-0.05, 0) is 51.2 Å². The van der Waals surface area contributed by atoms with Gasteiger partial charge in [0, 0.05) is 13.1 Å². The van der Waals surface area contributed by atoms with E-state index in [0.717, 1.165) is 18.8 Å². The Bertz CT molecular complexity index is 482. The first-order valence-electron chi connectivity index (χ1n) is 7.83. The van der Waals surface area contributed by atoms with E-state index in [4.69, 9.17) is 4.74 Å². The second kappa shape index (κ2) is 6.08. The fourth-order valence-corrected chi connectivity index (χ4v) is 3.15.